The molecular weight excluding hydrogens is 142 g/mol. The Kier molecular flexibility index (Phi) is 6.99. The average Bonchev–Trinajstić information content (AvgIpc) is 1.88. The van der Waals surface area contributed by atoms with Crippen molar-refractivity contribution < 1.29 is 10.1 Å². The molecule has 11 heavy (non-hydrogen) atoms. The Balaban J connectivity index is 0. The van der Waals surface area contributed by atoms with Crippen LogP contribution in [-0.4, -0.2) is 55.6 Å². The van der Waals surface area contributed by atoms with E-state index in [-0.39, 0.29) is 5.48 Å². The molecular formula is C7H19N3O. The Morgan fingerprint density at radius 2 is 1.91 bits per heavy atom. The van der Waals surface area contributed by atoms with Crippen LogP contribution in [0.2, 0.25) is 0 Å². The van der Waals surface area contributed by atoms with Crippen molar-refractivity contribution in [2.75, 3.05) is 34.7 Å². The number of nitrogens with zero attached hydrogens (tertiary/aromatic N) is 2. The van der Waals surface area contributed by atoms with Gasteiger partial charge in [0.2, 0.25) is 0 Å². The van der Waals surface area contributed by atoms with E-state index in [1.54, 1.807) is 0 Å². The molecule has 0 spiro atoms. The van der Waals surface area contributed by atoms with E-state index < -0.39 is 0 Å². The summed E-state index contributed by atoms with van der Waals surface area (Å²) in [6, 6.07) is 0. The fourth-order valence-corrected chi connectivity index (χ4v) is 0.906. The third-order valence-electron chi connectivity index (χ3n) is 1.48. The second kappa shape index (κ2) is 5.97. The van der Waals surface area contributed by atoms with E-state index in [0.29, 0.717) is 0 Å². The maximum absolute atomic E-state index is 3.12. The van der Waals surface area contributed by atoms with Crippen LogP contribution in [0.4, 0.5) is 0 Å². The molecule has 0 rings (SSSR count). The largest absolute Gasteiger partial charge is 0.870 e. The lowest BCUT2D eigenvalue weighted by atomic mass is 10.6. The Morgan fingerprint density at radius 1 is 1.45 bits per heavy atom. The van der Waals surface area contributed by atoms with Crippen LogP contribution in [-0.2, 0) is 0 Å². The molecule has 0 bridgehead atoms. The molecule has 2 N–H and O–H groups in total. The molecule has 0 aliphatic carbocycles. The first-order valence-electron chi connectivity index (χ1n) is 3.56. The Morgan fingerprint density at radius 3 is 2.00 bits per heavy atom. The van der Waals surface area contributed by atoms with Gasteiger partial charge in [0.25, 0.3) is 0 Å². The van der Waals surface area contributed by atoms with E-state index in [0.717, 1.165) is 12.5 Å². The summed E-state index contributed by atoms with van der Waals surface area (Å²) in [6.07, 6.45) is 0. The van der Waals surface area contributed by atoms with Gasteiger partial charge in [0.1, 0.15) is 0 Å². The molecule has 0 saturated heterocycles. The van der Waals surface area contributed by atoms with E-state index in [1.165, 1.54) is 0 Å². The van der Waals surface area contributed by atoms with Crippen LogP contribution in [0, 0.1) is 0 Å². The standard InChI is InChI=1S/C7H17N3.H2O/c1-6-10(5)7(8-2)9(3)4;/h6H2,1-5H3;1H2. The zero-order valence-corrected chi connectivity index (χ0v) is 8.05. The molecule has 0 fully saturated rings. The first-order valence-corrected chi connectivity index (χ1v) is 3.56. The highest BCUT2D eigenvalue weighted by molar-refractivity contribution is 5.74. The highest BCUT2D eigenvalue weighted by Gasteiger charge is 2.08. The molecule has 4 heteroatoms. The van der Waals surface area contributed by atoms with Gasteiger partial charge in [-0.05, 0) is 6.92 Å². The summed E-state index contributed by atoms with van der Waals surface area (Å²) in [5, 5.41) is 3.12. The minimum Gasteiger partial charge on any atom is -0.870 e. The lowest BCUT2D eigenvalue weighted by molar-refractivity contribution is -0.472. The SMILES string of the molecule is CCN(C)C(NC)=[N+](C)C.[OH-]. The highest BCUT2D eigenvalue weighted by Crippen LogP contribution is 1.80. The maximum atomic E-state index is 3.12. The molecule has 0 aliphatic heterocycles. The van der Waals surface area contributed by atoms with Crippen LogP contribution < -0.4 is 5.32 Å². The van der Waals surface area contributed by atoms with Crippen LogP contribution in [0.25, 0.3) is 0 Å². The van der Waals surface area contributed by atoms with Crippen LogP contribution in [0.15, 0.2) is 0 Å². The maximum Gasteiger partial charge on any atom is 0.347 e. The first kappa shape index (κ1) is 12.9. The van der Waals surface area contributed by atoms with Crippen molar-refractivity contribution in [3.63, 3.8) is 0 Å². The van der Waals surface area contributed by atoms with Crippen molar-refractivity contribution in [3.8, 4) is 0 Å². The molecule has 0 saturated carbocycles. The van der Waals surface area contributed by atoms with Gasteiger partial charge in [0, 0.05) is 0 Å². The summed E-state index contributed by atoms with van der Waals surface area (Å²) in [7, 11) is 8.04. The van der Waals surface area contributed by atoms with Crippen LogP contribution in [0.3, 0.4) is 0 Å². The fraction of sp³-hybridized carbons (Fsp3) is 0.857. The van der Waals surface area contributed by atoms with Crippen LogP contribution in [0.5, 0.6) is 0 Å². The van der Waals surface area contributed by atoms with E-state index in [2.05, 4.69) is 28.8 Å². The number of rotatable bonds is 1. The summed E-state index contributed by atoms with van der Waals surface area (Å²) < 4.78 is 2.06. The van der Waals surface area contributed by atoms with Gasteiger partial charge in [0.05, 0.1) is 34.7 Å². The zero-order valence-electron chi connectivity index (χ0n) is 8.05. The predicted octanol–water partition coefficient (Wildman–Crippen LogP) is -0.391. The summed E-state index contributed by atoms with van der Waals surface area (Å²) in [5.41, 5.74) is 0. The van der Waals surface area contributed by atoms with E-state index in [9.17, 15) is 0 Å². The van der Waals surface area contributed by atoms with Crippen molar-refractivity contribution in [2.45, 2.75) is 6.92 Å². The van der Waals surface area contributed by atoms with E-state index >= 15 is 0 Å². The Hall–Kier alpha value is -0.770. The number of guanidine groups is 1. The van der Waals surface area contributed by atoms with Crippen molar-refractivity contribution >= 4 is 5.96 Å². The molecule has 0 aromatic heterocycles. The second-order valence-electron chi connectivity index (χ2n) is 2.48. The molecule has 0 aromatic carbocycles. The number of hydrogen-bond acceptors (Lipinski definition) is 1. The molecule has 0 radical (unpaired) electrons. The zero-order chi connectivity index (χ0) is 8.15. The lowest BCUT2D eigenvalue weighted by Gasteiger charge is -2.13. The normalized spacial score (nSPS) is 8.09. The summed E-state index contributed by atoms with van der Waals surface area (Å²) in [6.45, 7) is 3.15. The van der Waals surface area contributed by atoms with Gasteiger partial charge in [-0.3, -0.25) is 14.8 Å². The number of nitrogens with one attached hydrogen (secondary N) is 1. The Labute approximate surface area is 68.8 Å². The predicted molar refractivity (Wildman–Crippen MR) is 46.4 cm³/mol. The first-order chi connectivity index (χ1) is 4.63. The summed E-state index contributed by atoms with van der Waals surface area (Å²) in [5.74, 6) is 1.14. The minimum absolute atomic E-state index is 0. The van der Waals surface area contributed by atoms with Crippen LogP contribution >= 0.6 is 0 Å². The molecule has 0 aromatic rings. The number of hydrogen-bond donors (Lipinski definition) is 1. The molecule has 0 aliphatic rings. The third kappa shape index (κ3) is 3.83. The van der Waals surface area contributed by atoms with E-state index in [4.69, 9.17) is 0 Å². The lowest BCUT2D eigenvalue weighted by Crippen LogP contribution is -2.41. The molecule has 68 valence electrons. The van der Waals surface area contributed by atoms with Gasteiger partial charge >= 0.3 is 5.96 Å². The second-order valence-corrected chi connectivity index (χ2v) is 2.48. The molecule has 0 atom stereocenters. The van der Waals surface area contributed by atoms with Gasteiger partial charge in [-0.15, -0.1) is 0 Å². The van der Waals surface area contributed by atoms with Gasteiger partial charge in [-0.1, -0.05) is 0 Å². The Bertz CT molecular complexity index is 130. The minimum atomic E-state index is 0. The molecule has 0 amide bonds. The molecule has 0 unspecified atom stereocenters. The molecule has 4 nitrogen and oxygen atoms in total. The van der Waals surface area contributed by atoms with Gasteiger partial charge in [-0.2, -0.15) is 0 Å². The monoisotopic (exact) mass is 161 g/mol. The smallest absolute Gasteiger partial charge is 0.347 e. The van der Waals surface area contributed by atoms with E-state index in [1.807, 2.05) is 21.1 Å². The van der Waals surface area contributed by atoms with Gasteiger partial charge < -0.3 is 5.48 Å². The highest BCUT2D eigenvalue weighted by atomic mass is 16.0. The van der Waals surface area contributed by atoms with Crippen molar-refractivity contribution in [3.05, 3.63) is 0 Å². The van der Waals surface area contributed by atoms with Crippen LogP contribution in [0.1, 0.15) is 6.92 Å². The fourth-order valence-electron chi connectivity index (χ4n) is 0.906. The van der Waals surface area contributed by atoms with Crippen molar-refractivity contribution in [1.29, 1.82) is 0 Å². The van der Waals surface area contributed by atoms with Gasteiger partial charge in [-0.25, -0.2) is 0 Å². The average molecular weight is 161 g/mol. The summed E-state index contributed by atoms with van der Waals surface area (Å²) in [4.78, 5) is 2.15. The third-order valence-corrected chi connectivity index (χ3v) is 1.48. The van der Waals surface area contributed by atoms with Crippen molar-refractivity contribution in [2.24, 2.45) is 0 Å². The molecule has 0 heterocycles. The summed E-state index contributed by atoms with van der Waals surface area (Å²) >= 11 is 0. The topological polar surface area (TPSA) is 48.3 Å². The van der Waals surface area contributed by atoms with Gasteiger partial charge in [0.15, 0.2) is 0 Å². The quantitative estimate of drug-likeness (QED) is 0.324. The van der Waals surface area contributed by atoms with Crippen molar-refractivity contribution in [1.82, 2.24) is 10.2 Å².